The normalized spacial score (nSPS) is 9.67. The fourth-order valence-corrected chi connectivity index (χ4v) is 1.63. The SMILES string of the molecule is O=C(O)c1cc2ccccc2cc1Cl.[Ga]. The molecule has 0 atom stereocenters. The molecule has 73 valence electrons. The van der Waals surface area contributed by atoms with Gasteiger partial charge >= 0.3 is 5.97 Å². The average Bonchev–Trinajstić information content (AvgIpc) is 2.16. The molecule has 0 saturated carbocycles. The Morgan fingerprint density at radius 3 is 2.20 bits per heavy atom. The van der Waals surface area contributed by atoms with E-state index in [0.29, 0.717) is 0 Å². The standard InChI is InChI=1S/C11H7ClO2.Ga/c12-10-6-8-4-2-1-3-7(8)5-9(10)11(13)14;/h1-6H,(H,13,14);. The van der Waals surface area contributed by atoms with Gasteiger partial charge in [0.25, 0.3) is 0 Å². The summed E-state index contributed by atoms with van der Waals surface area (Å²) in [6, 6.07) is 10.8. The second-order valence-electron chi connectivity index (χ2n) is 2.98. The van der Waals surface area contributed by atoms with Crippen LogP contribution in [0.1, 0.15) is 10.4 Å². The summed E-state index contributed by atoms with van der Waals surface area (Å²) >= 11 is 5.82. The van der Waals surface area contributed by atoms with Crippen LogP contribution in [0.15, 0.2) is 36.4 Å². The summed E-state index contributed by atoms with van der Waals surface area (Å²) in [5.74, 6) is -0.999. The molecule has 0 aliphatic heterocycles. The van der Waals surface area contributed by atoms with Crippen LogP contribution >= 0.6 is 11.6 Å². The van der Waals surface area contributed by atoms with Gasteiger partial charge in [0.2, 0.25) is 0 Å². The monoisotopic (exact) mass is 275 g/mol. The van der Waals surface area contributed by atoms with Crippen LogP contribution in [0.3, 0.4) is 0 Å². The molecular weight excluding hydrogens is 269 g/mol. The number of hydrogen-bond acceptors (Lipinski definition) is 1. The number of halogens is 1. The third-order valence-corrected chi connectivity index (χ3v) is 2.38. The third kappa shape index (κ3) is 2.37. The molecule has 0 aromatic heterocycles. The van der Waals surface area contributed by atoms with Gasteiger partial charge in [0.05, 0.1) is 10.6 Å². The Kier molecular flexibility index (Phi) is 3.85. The molecule has 2 aromatic carbocycles. The fourth-order valence-electron chi connectivity index (χ4n) is 1.38. The maximum atomic E-state index is 10.8. The molecule has 0 aliphatic rings. The number of carboxylic acids is 1. The molecule has 3 radical (unpaired) electrons. The predicted octanol–water partition coefficient (Wildman–Crippen LogP) is 2.81. The van der Waals surface area contributed by atoms with Crippen molar-refractivity contribution in [3.8, 4) is 0 Å². The van der Waals surface area contributed by atoms with E-state index in [-0.39, 0.29) is 30.4 Å². The molecule has 0 saturated heterocycles. The van der Waals surface area contributed by atoms with Crippen LogP contribution in [-0.2, 0) is 0 Å². The molecule has 0 unspecified atom stereocenters. The van der Waals surface area contributed by atoms with Crippen molar-refractivity contribution < 1.29 is 9.90 Å². The zero-order valence-electron chi connectivity index (χ0n) is 7.77. The Morgan fingerprint density at radius 1 is 1.13 bits per heavy atom. The Labute approximate surface area is 105 Å². The van der Waals surface area contributed by atoms with Crippen LogP contribution in [0.5, 0.6) is 0 Å². The number of benzene rings is 2. The Bertz CT molecular complexity index is 511. The van der Waals surface area contributed by atoms with Crippen LogP contribution in [-0.4, -0.2) is 30.9 Å². The van der Waals surface area contributed by atoms with Crippen LogP contribution in [0, 0.1) is 0 Å². The van der Waals surface area contributed by atoms with E-state index < -0.39 is 5.97 Å². The molecule has 0 spiro atoms. The largest absolute Gasteiger partial charge is 0.478 e. The van der Waals surface area contributed by atoms with Crippen molar-refractivity contribution in [1.29, 1.82) is 0 Å². The van der Waals surface area contributed by atoms with Crippen molar-refractivity contribution in [1.82, 2.24) is 0 Å². The summed E-state index contributed by atoms with van der Waals surface area (Å²) in [4.78, 5) is 10.8. The van der Waals surface area contributed by atoms with Gasteiger partial charge < -0.3 is 5.11 Å². The van der Waals surface area contributed by atoms with Gasteiger partial charge in [-0.3, -0.25) is 0 Å². The van der Waals surface area contributed by atoms with Gasteiger partial charge in [-0.15, -0.1) is 0 Å². The minimum atomic E-state index is -0.999. The summed E-state index contributed by atoms with van der Waals surface area (Å²) < 4.78 is 0. The minimum Gasteiger partial charge on any atom is -0.478 e. The second kappa shape index (κ2) is 4.74. The quantitative estimate of drug-likeness (QED) is 0.813. The van der Waals surface area contributed by atoms with Crippen LogP contribution in [0.25, 0.3) is 10.8 Å². The second-order valence-corrected chi connectivity index (χ2v) is 3.39. The molecule has 0 amide bonds. The van der Waals surface area contributed by atoms with Gasteiger partial charge in [0, 0.05) is 19.8 Å². The van der Waals surface area contributed by atoms with E-state index in [0.717, 1.165) is 10.8 Å². The zero-order chi connectivity index (χ0) is 10.1. The predicted molar refractivity (Wildman–Crippen MR) is 61.7 cm³/mol. The molecule has 0 heterocycles. The molecule has 15 heavy (non-hydrogen) atoms. The Hall–Kier alpha value is -0.904. The number of fused-ring (bicyclic) bond motifs is 1. The third-order valence-electron chi connectivity index (χ3n) is 2.07. The van der Waals surface area contributed by atoms with Gasteiger partial charge in [0.15, 0.2) is 0 Å². The molecule has 0 bridgehead atoms. The molecule has 0 fully saturated rings. The molecule has 2 aromatic rings. The van der Waals surface area contributed by atoms with E-state index in [1.54, 1.807) is 12.1 Å². The number of carbonyl (C=O) groups is 1. The first kappa shape index (κ1) is 12.2. The van der Waals surface area contributed by atoms with Gasteiger partial charge in [0.1, 0.15) is 0 Å². The molecule has 4 heteroatoms. The maximum absolute atomic E-state index is 10.8. The average molecular weight is 276 g/mol. The first-order valence-electron chi connectivity index (χ1n) is 4.10. The summed E-state index contributed by atoms with van der Waals surface area (Å²) in [5.41, 5.74) is 0.144. The summed E-state index contributed by atoms with van der Waals surface area (Å²) in [7, 11) is 0. The van der Waals surface area contributed by atoms with Crippen LogP contribution < -0.4 is 0 Å². The molecular formula is C11H7ClGaO2. The fraction of sp³-hybridized carbons (Fsp3) is 0. The smallest absolute Gasteiger partial charge is 0.337 e. The van der Waals surface area contributed by atoms with Crippen molar-refractivity contribution in [2.24, 2.45) is 0 Å². The van der Waals surface area contributed by atoms with E-state index >= 15 is 0 Å². The van der Waals surface area contributed by atoms with Crippen molar-refractivity contribution in [2.45, 2.75) is 0 Å². The number of aromatic carboxylic acids is 1. The maximum Gasteiger partial charge on any atom is 0.337 e. The molecule has 0 aliphatic carbocycles. The zero-order valence-corrected chi connectivity index (χ0v) is 11.0. The van der Waals surface area contributed by atoms with Crippen molar-refractivity contribution >= 4 is 48.1 Å². The van der Waals surface area contributed by atoms with Crippen molar-refractivity contribution in [3.05, 3.63) is 47.0 Å². The van der Waals surface area contributed by atoms with Crippen molar-refractivity contribution in [2.75, 3.05) is 0 Å². The summed E-state index contributed by atoms with van der Waals surface area (Å²) in [6.07, 6.45) is 0. The van der Waals surface area contributed by atoms with E-state index in [4.69, 9.17) is 16.7 Å². The van der Waals surface area contributed by atoms with Gasteiger partial charge in [-0.25, -0.2) is 4.79 Å². The first-order valence-corrected chi connectivity index (χ1v) is 4.48. The topological polar surface area (TPSA) is 37.3 Å². The number of carboxylic acid groups (broad SMARTS) is 1. The van der Waals surface area contributed by atoms with Crippen LogP contribution in [0.4, 0.5) is 0 Å². The first-order chi connectivity index (χ1) is 6.68. The number of rotatable bonds is 1. The van der Waals surface area contributed by atoms with E-state index in [1.165, 1.54) is 0 Å². The van der Waals surface area contributed by atoms with Gasteiger partial charge in [-0.2, -0.15) is 0 Å². The number of hydrogen-bond donors (Lipinski definition) is 1. The Morgan fingerprint density at radius 2 is 1.67 bits per heavy atom. The molecule has 1 N–H and O–H groups in total. The summed E-state index contributed by atoms with van der Waals surface area (Å²) in [5, 5.41) is 10.9. The van der Waals surface area contributed by atoms with Gasteiger partial charge in [-0.1, -0.05) is 35.9 Å². The van der Waals surface area contributed by atoms with Crippen LogP contribution in [0.2, 0.25) is 5.02 Å². The van der Waals surface area contributed by atoms with Crippen molar-refractivity contribution in [3.63, 3.8) is 0 Å². The molecule has 2 nitrogen and oxygen atoms in total. The van der Waals surface area contributed by atoms with E-state index in [2.05, 4.69) is 0 Å². The summed E-state index contributed by atoms with van der Waals surface area (Å²) in [6.45, 7) is 0. The van der Waals surface area contributed by atoms with E-state index in [9.17, 15) is 4.79 Å². The Balaban J connectivity index is 0.00000112. The van der Waals surface area contributed by atoms with Gasteiger partial charge in [-0.05, 0) is 22.9 Å². The molecule has 2 rings (SSSR count). The van der Waals surface area contributed by atoms with E-state index in [1.807, 2.05) is 24.3 Å². The minimum absolute atomic E-state index is 0.